The molecule has 4 rings (SSSR count). The van der Waals surface area contributed by atoms with Gasteiger partial charge in [0.15, 0.2) is 23.6 Å². The van der Waals surface area contributed by atoms with Crippen molar-refractivity contribution in [2.75, 3.05) is 50.2 Å². The van der Waals surface area contributed by atoms with Gasteiger partial charge in [-0.3, -0.25) is 10.1 Å². The van der Waals surface area contributed by atoms with Crippen molar-refractivity contribution in [2.24, 2.45) is 0 Å². The van der Waals surface area contributed by atoms with Crippen molar-refractivity contribution in [2.45, 2.75) is 13.0 Å². The summed E-state index contributed by atoms with van der Waals surface area (Å²) in [5.41, 5.74) is 0.545. The SMILES string of the molecule is COCC(Oc1nc(Nc2cc(C)[nH]n2)nc(N2CCOCC2)c1F)c1ncc(F)cc1F. The van der Waals surface area contributed by atoms with Crippen molar-refractivity contribution in [1.82, 2.24) is 25.1 Å². The molecule has 33 heavy (non-hydrogen) atoms. The van der Waals surface area contributed by atoms with Gasteiger partial charge in [0.05, 0.1) is 26.0 Å². The first-order valence-corrected chi connectivity index (χ1v) is 10.1. The second kappa shape index (κ2) is 10.0. The Morgan fingerprint density at radius 2 is 2.00 bits per heavy atom. The van der Waals surface area contributed by atoms with Crippen LogP contribution in [0.1, 0.15) is 17.5 Å². The van der Waals surface area contributed by atoms with E-state index in [1.165, 1.54) is 7.11 Å². The summed E-state index contributed by atoms with van der Waals surface area (Å²) in [7, 11) is 1.36. The highest BCUT2D eigenvalue weighted by molar-refractivity contribution is 5.54. The van der Waals surface area contributed by atoms with E-state index in [9.17, 15) is 8.78 Å². The van der Waals surface area contributed by atoms with Crippen LogP contribution in [-0.2, 0) is 9.47 Å². The lowest BCUT2D eigenvalue weighted by Gasteiger charge is -2.29. The Bertz CT molecular complexity index is 1110. The Labute approximate surface area is 187 Å². The number of aromatic amines is 1. The van der Waals surface area contributed by atoms with E-state index >= 15 is 4.39 Å². The molecule has 0 aliphatic carbocycles. The van der Waals surface area contributed by atoms with Crippen LogP contribution in [-0.4, -0.2) is 65.2 Å². The molecule has 2 N–H and O–H groups in total. The van der Waals surface area contributed by atoms with E-state index in [1.54, 1.807) is 11.0 Å². The van der Waals surface area contributed by atoms with Gasteiger partial charge in [-0.25, -0.2) is 8.78 Å². The molecule has 1 unspecified atom stereocenters. The number of rotatable bonds is 8. The summed E-state index contributed by atoms with van der Waals surface area (Å²) in [6.45, 7) is 3.24. The number of halogens is 3. The summed E-state index contributed by atoms with van der Waals surface area (Å²) >= 11 is 0. The van der Waals surface area contributed by atoms with Crippen molar-refractivity contribution < 1.29 is 27.4 Å². The Morgan fingerprint density at radius 3 is 2.67 bits per heavy atom. The first-order valence-electron chi connectivity index (χ1n) is 10.1. The number of morpholine rings is 1. The molecule has 10 nitrogen and oxygen atoms in total. The summed E-state index contributed by atoms with van der Waals surface area (Å²) < 4.78 is 59.3. The highest BCUT2D eigenvalue weighted by Crippen LogP contribution is 2.31. The van der Waals surface area contributed by atoms with Crippen molar-refractivity contribution >= 4 is 17.6 Å². The lowest BCUT2D eigenvalue weighted by molar-refractivity contribution is 0.0695. The van der Waals surface area contributed by atoms with Crippen LogP contribution in [0, 0.1) is 24.4 Å². The molecule has 1 atom stereocenters. The van der Waals surface area contributed by atoms with Crippen LogP contribution in [0.5, 0.6) is 5.88 Å². The zero-order valence-corrected chi connectivity index (χ0v) is 17.9. The molecule has 176 valence electrons. The van der Waals surface area contributed by atoms with Gasteiger partial charge in [0, 0.05) is 38.0 Å². The predicted molar refractivity (Wildman–Crippen MR) is 111 cm³/mol. The van der Waals surface area contributed by atoms with Crippen LogP contribution in [0.3, 0.4) is 0 Å². The van der Waals surface area contributed by atoms with Crippen LogP contribution in [0.4, 0.5) is 30.8 Å². The van der Waals surface area contributed by atoms with Crippen molar-refractivity contribution in [3.63, 3.8) is 0 Å². The molecule has 0 aromatic carbocycles. The number of nitrogens with zero attached hydrogens (tertiary/aromatic N) is 5. The molecule has 1 fully saturated rings. The molecule has 3 aromatic rings. The van der Waals surface area contributed by atoms with E-state index in [2.05, 4.69) is 30.5 Å². The fraction of sp³-hybridized carbons (Fsp3) is 0.400. The molecule has 0 spiro atoms. The third kappa shape index (κ3) is 5.31. The molecular weight excluding hydrogens is 443 g/mol. The first-order chi connectivity index (χ1) is 15.9. The van der Waals surface area contributed by atoms with Gasteiger partial charge in [0.2, 0.25) is 11.8 Å². The first kappa shape index (κ1) is 22.7. The third-order valence-electron chi connectivity index (χ3n) is 4.77. The Morgan fingerprint density at radius 1 is 1.21 bits per heavy atom. The zero-order valence-electron chi connectivity index (χ0n) is 17.9. The number of H-pyrrole nitrogens is 1. The van der Waals surface area contributed by atoms with Gasteiger partial charge >= 0.3 is 0 Å². The minimum Gasteiger partial charge on any atom is -0.463 e. The van der Waals surface area contributed by atoms with Gasteiger partial charge < -0.3 is 24.4 Å². The van der Waals surface area contributed by atoms with Gasteiger partial charge in [-0.2, -0.15) is 19.5 Å². The molecular formula is C20H22F3N7O3. The monoisotopic (exact) mass is 465 g/mol. The van der Waals surface area contributed by atoms with Crippen LogP contribution >= 0.6 is 0 Å². The van der Waals surface area contributed by atoms with Crippen molar-refractivity contribution in [1.29, 1.82) is 0 Å². The number of aromatic nitrogens is 5. The molecule has 13 heteroatoms. The zero-order chi connectivity index (χ0) is 23.4. The number of nitrogens with one attached hydrogen (secondary N) is 2. The maximum Gasteiger partial charge on any atom is 0.258 e. The number of ether oxygens (including phenoxy) is 3. The number of pyridine rings is 1. The minimum atomic E-state index is -1.20. The quantitative estimate of drug-likeness (QED) is 0.519. The molecule has 0 bridgehead atoms. The van der Waals surface area contributed by atoms with E-state index in [0.29, 0.717) is 38.2 Å². The smallest absolute Gasteiger partial charge is 0.258 e. The predicted octanol–water partition coefficient (Wildman–Crippen LogP) is 2.67. The van der Waals surface area contributed by atoms with Crippen molar-refractivity contribution in [3.8, 4) is 5.88 Å². The van der Waals surface area contributed by atoms with Gasteiger partial charge in [-0.1, -0.05) is 0 Å². The standard InChI is InChI=1S/C20H22F3N7O3/c1-11-7-15(29-28-11)25-20-26-18(30-3-5-32-6-4-30)16(23)19(27-20)33-14(10-31-2)17-13(22)8-12(21)9-24-17/h7-9,14H,3-6,10H2,1-2H3,(H2,25,26,27,28,29). The van der Waals surface area contributed by atoms with Gasteiger partial charge in [-0.15, -0.1) is 0 Å². The van der Waals surface area contributed by atoms with Crippen LogP contribution in [0.15, 0.2) is 18.3 Å². The molecule has 0 amide bonds. The average molecular weight is 465 g/mol. The maximum atomic E-state index is 15.5. The molecule has 1 aliphatic heterocycles. The summed E-state index contributed by atoms with van der Waals surface area (Å²) in [5.74, 6) is -2.68. The van der Waals surface area contributed by atoms with Gasteiger partial charge in [0.25, 0.3) is 5.88 Å². The van der Waals surface area contributed by atoms with Crippen LogP contribution < -0.4 is 15.0 Å². The lowest BCUT2D eigenvalue weighted by atomic mass is 10.2. The summed E-state index contributed by atoms with van der Waals surface area (Å²) in [4.78, 5) is 13.8. The number of hydrogen-bond acceptors (Lipinski definition) is 9. The number of hydrogen-bond donors (Lipinski definition) is 2. The fourth-order valence-corrected chi connectivity index (χ4v) is 3.25. The molecule has 3 aromatic heterocycles. The Balaban J connectivity index is 1.71. The van der Waals surface area contributed by atoms with E-state index < -0.39 is 29.4 Å². The number of methoxy groups -OCH3 is 1. The van der Waals surface area contributed by atoms with Gasteiger partial charge in [-0.05, 0) is 6.92 Å². The molecule has 0 radical (unpaired) electrons. The maximum absolute atomic E-state index is 15.5. The minimum absolute atomic E-state index is 0.0123. The Hall–Kier alpha value is -3.45. The second-order valence-corrected chi connectivity index (χ2v) is 7.23. The largest absolute Gasteiger partial charge is 0.463 e. The average Bonchev–Trinajstić information content (AvgIpc) is 3.20. The molecule has 1 saturated heterocycles. The lowest BCUT2D eigenvalue weighted by Crippen LogP contribution is -2.37. The van der Waals surface area contributed by atoms with Crippen LogP contribution in [0.2, 0.25) is 0 Å². The summed E-state index contributed by atoms with van der Waals surface area (Å²) in [5, 5.41) is 9.74. The summed E-state index contributed by atoms with van der Waals surface area (Å²) in [6.07, 6.45) is -0.356. The molecule has 0 saturated carbocycles. The highest BCUT2D eigenvalue weighted by atomic mass is 19.1. The topological polar surface area (TPSA) is 110 Å². The fourth-order valence-electron chi connectivity index (χ4n) is 3.25. The van der Waals surface area contributed by atoms with E-state index in [1.807, 2.05) is 6.92 Å². The Kier molecular flexibility index (Phi) is 6.89. The summed E-state index contributed by atoms with van der Waals surface area (Å²) in [6, 6.07) is 2.38. The number of aryl methyl sites for hydroxylation is 1. The third-order valence-corrected chi connectivity index (χ3v) is 4.77. The molecule has 1 aliphatic rings. The van der Waals surface area contributed by atoms with Crippen LogP contribution in [0.25, 0.3) is 0 Å². The molecule has 4 heterocycles. The highest BCUT2D eigenvalue weighted by Gasteiger charge is 2.27. The van der Waals surface area contributed by atoms with E-state index in [-0.39, 0.29) is 24.1 Å². The van der Waals surface area contributed by atoms with E-state index in [4.69, 9.17) is 14.2 Å². The second-order valence-electron chi connectivity index (χ2n) is 7.23. The normalized spacial score (nSPS) is 14.9. The van der Waals surface area contributed by atoms with Crippen molar-refractivity contribution in [3.05, 3.63) is 47.2 Å². The van der Waals surface area contributed by atoms with Gasteiger partial charge in [0.1, 0.15) is 11.5 Å². The van der Waals surface area contributed by atoms with E-state index in [0.717, 1.165) is 11.9 Å². The number of anilines is 3.